The summed E-state index contributed by atoms with van der Waals surface area (Å²) in [6.07, 6.45) is -0.247. The molecule has 2 N–H and O–H groups in total. The summed E-state index contributed by atoms with van der Waals surface area (Å²) < 4.78 is 5.42. The summed E-state index contributed by atoms with van der Waals surface area (Å²) in [5.74, 6) is 0.599. The number of guanidine groups is 1. The Bertz CT molecular complexity index is 502. The fourth-order valence-electron chi connectivity index (χ4n) is 3.64. The first-order chi connectivity index (χ1) is 11.8. The molecule has 4 aliphatic rings. The molecule has 2 bridgehead atoms. The first-order valence-electron chi connectivity index (χ1n) is 9.31. The van der Waals surface area contributed by atoms with E-state index in [1.807, 2.05) is 20.8 Å². The Balaban J connectivity index is 1.45. The van der Waals surface area contributed by atoms with Gasteiger partial charge in [0.1, 0.15) is 5.60 Å². The highest BCUT2D eigenvalue weighted by molar-refractivity contribution is 5.78. The molecule has 4 aliphatic heterocycles. The molecule has 0 aromatic carbocycles. The number of hydrogen-bond acceptors (Lipinski definition) is 5. The van der Waals surface area contributed by atoms with Crippen molar-refractivity contribution in [1.82, 2.24) is 19.6 Å². The number of nitrogens with zero attached hydrogens (tertiary/aromatic N) is 5. The quantitative estimate of drug-likeness (QED) is 0.550. The normalized spacial score (nSPS) is 30.5. The average Bonchev–Trinajstić information content (AvgIpc) is 2.59. The van der Waals surface area contributed by atoms with E-state index in [4.69, 9.17) is 10.5 Å². The lowest BCUT2D eigenvalue weighted by Crippen LogP contribution is -2.62. The van der Waals surface area contributed by atoms with Gasteiger partial charge in [0.25, 0.3) is 0 Å². The maximum atomic E-state index is 12.1. The minimum absolute atomic E-state index is 0.247. The van der Waals surface area contributed by atoms with E-state index < -0.39 is 5.60 Å². The lowest BCUT2D eigenvalue weighted by molar-refractivity contribution is 0.0167. The van der Waals surface area contributed by atoms with Crippen molar-refractivity contribution in [1.29, 1.82) is 0 Å². The van der Waals surface area contributed by atoms with Crippen LogP contribution in [0.5, 0.6) is 0 Å². The van der Waals surface area contributed by atoms with E-state index in [-0.39, 0.29) is 6.09 Å². The summed E-state index contributed by atoms with van der Waals surface area (Å²) in [6, 6.07) is 0.490. The standard InChI is InChI=1S/C17H32N6O2/c1-17(2,3)25-16(24)23-10-8-22(9-11-23)15(18)19-12-14-13-20-4-6-21(14)7-5-20/h14H,4-13H2,1-3H3,(H2,18,19). The highest BCUT2D eigenvalue weighted by atomic mass is 16.6. The zero-order valence-electron chi connectivity index (χ0n) is 15.8. The lowest BCUT2D eigenvalue weighted by Gasteiger charge is -2.47. The lowest BCUT2D eigenvalue weighted by atomic mass is 10.1. The molecular weight excluding hydrogens is 320 g/mol. The predicted molar refractivity (Wildman–Crippen MR) is 97.7 cm³/mol. The molecule has 142 valence electrons. The highest BCUT2D eigenvalue weighted by Crippen LogP contribution is 2.16. The van der Waals surface area contributed by atoms with Crippen molar-refractivity contribution in [2.45, 2.75) is 32.4 Å². The van der Waals surface area contributed by atoms with E-state index in [2.05, 4.69) is 19.7 Å². The molecule has 8 nitrogen and oxygen atoms in total. The van der Waals surface area contributed by atoms with Crippen LogP contribution in [0.15, 0.2) is 4.99 Å². The fourth-order valence-corrected chi connectivity index (χ4v) is 3.64. The van der Waals surface area contributed by atoms with Gasteiger partial charge in [-0.05, 0) is 20.8 Å². The van der Waals surface area contributed by atoms with Crippen molar-refractivity contribution in [2.75, 3.05) is 65.4 Å². The molecule has 0 spiro atoms. The van der Waals surface area contributed by atoms with E-state index in [0.29, 0.717) is 38.2 Å². The van der Waals surface area contributed by atoms with Crippen molar-refractivity contribution in [2.24, 2.45) is 10.7 Å². The topological polar surface area (TPSA) is 77.6 Å². The molecule has 1 unspecified atom stereocenters. The molecular formula is C17H32N6O2. The number of carbonyl (C=O) groups excluding carboxylic acids is 1. The SMILES string of the molecule is CC(C)(C)OC(=O)N1CCN(C(N)=NCC2CN3CCN2CC3)CC1. The van der Waals surface area contributed by atoms with Crippen LogP contribution in [0.25, 0.3) is 0 Å². The Hall–Kier alpha value is -1.54. The third kappa shape index (κ3) is 4.76. The van der Waals surface area contributed by atoms with Gasteiger partial charge in [-0.1, -0.05) is 0 Å². The molecule has 0 saturated carbocycles. The van der Waals surface area contributed by atoms with Crippen LogP contribution >= 0.6 is 0 Å². The van der Waals surface area contributed by atoms with Gasteiger partial charge >= 0.3 is 6.09 Å². The molecule has 0 aromatic rings. The van der Waals surface area contributed by atoms with Crippen LogP contribution in [-0.4, -0.2) is 109 Å². The first-order valence-corrected chi connectivity index (χ1v) is 9.31. The Morgan fingerprint density at radius 2 is 1.64 bits per heavy atom. The van der Waals surface area contributed by atoms with Crippen LogP contribution in [0.3, 0.4) is 0 Å². The maximum absolute atomic E-state index is 12.1. The minimum Gasteiger partial charge on any atom is -0.444 e. The van der Waals surface area contributed by atoms with Crippen LogP contribution < -0.4 is 5.73 Å². The highest BCUT2D eigenvalue weighted by Gasteiger charge is 2.32. The Morgan fingerprint density at radius 3 is 2.16 bits per heavy atom. The molecule has 4 saturated heterocycles. The van der Waals surface area contributed by atoms with E-state index in [0.717, 1.165) is 26.2 Å². The summed E-state index contributed by atoms with van der Waals surface area (Å²) in [7, 11) is 0. The molecule has 25 heavy (non-hydrogen) atoms. The molecule has 4 fully saturated rings. The zero-order chi connectivity index (χ0) is 18.0. The van der Waals surface area contributed by atoms with Crippen LogP contribution in [0.4, 0.5) is 4.79 Å². The largest absolute Gasteiger partial charge is 0.444 e. The number of ether oxygens (including phenoxy) is 1. The van der Waals surface area contributed by atoms with Crippen LogP contribution in [0.1, 0.15) is 20.8 Å². The number of aliphatic imine (C=N–C) groups is 1. The second-order valence-electron chi connectivity index (χ2n) is 8.14. The number of hydrogen-bond donors (Lipinski definition) is 1. The summed E-state index contributed by atoms with van der Waals surface area (Å²) in [5.41, 5.74) is 5.74. The maximum Gasteiger partial charge on any atom is 0.410 e. The van der Waals surface area contributed by atoms with Gasteiger partial charge in [-0.2, -0.15) is 0 Å². The molecule has 0 aliphatic carbocycles. The Morgan fingerprint density at radius 1 is 1.04 bits per heavy atom. The Labute approximate surface area is 150 Å². The van der Waals surface area contributed by atoms with Crippen molar-refractivity contribution in [3.8, 4) is 0 Å². The molecule has 1 amide bonds. The monoisotopic (exact) mass is 352 g/mol. The van der Waals surface area contributed by atoms with Gasteiger partial charge in [0.2, 0.25) is 0 Å². The molecule has 0 aromatic heterocycles. The van der Waals surface area contributed by atoms with Gasteiger partial charge in [0.05, 0.1) is 6.54 Å². The number of nitrogens with two attached hydrogens (primary N) is 1. The molecule has 8 heteroatoms. The molecule has 4 heterocycles. The van der Waals surface area contributed by atoms with Crippen molar-refractivity contribution < 1.29 is 9.53 Å². The van der Waals surface area contributed by atoms with Crippen molar-refractivity contribution in [3.63, 3.8) is 0 Å². The van der Waals surface area contributed by atoms with E-state index >= 15 is 0 Å². The number of piperazine rings is 4. The van der Waals surface area contributed by atoms with E-state index in [9.17, 15) is 4.79 Å². The van der Waals surface area contributed by atoms with Gasteiger partial charge < -0.3 is 20.3 Å². The third-order valence-corrected chi connectivity index (χ3v) is 5.11. The Kier molecular flexibility index (Phi) is 5.38. The van der Waals surface area contributed by atoms with Crippen LogP contribution in [0.2, 0.25) is 0 Å². The van der Waals surface area contributed by atoms with Gasteiger partial charge in [-0.25, -0.2) is 4.79 Å². The number of fused-ring (bicyclic) bond motifs is 3. The zero-order valence-corrected chi connectivity index (χ0v) is 15.8. The fraction of sp³-hybridized carbons (Fsp3) is 0.882. The second kappa shape index (κ2) is 7.37. The molecule has 4 rings (SSSR count). The summed E-state index contributed by atoms with van der Waals surface area (Å²) in [4.78, 5) is 25.6. The van der Waals surface area contributed by atoms with Gasteiger partial charge in [-0.3, -0.25) is 14.8 Å². The van der Waals surface area contributed by atoms with Crippen LogP contribution in [-0.2, 0) is 4.74 Å². The third-order valence-electron chi connectivity index (χ3n) is 5.11. The average molecular weight is 352 g/mol. The predicted octanol–water partition coefficient (Wildman–Crippen LogP) is -0.146. The first kappa shape index (κ1) is 18.3. The van der Waals surface area contributed by atoms with Crippen molar-refractivity contribution >= 4 is 12.1 Å². The molecule has 0 radical (unpaired) electrons. The number of carbonyl (C=O) groups is 1. The number of amides is 1. The van der Waals surface area contributed by atoms with E-state index in [1.165, 1.54) is 13.1 Å². The summed E-state index contributed by atoms with van der Waals surface area (Å²) in [5, 5.41) is 0. The number of rotatable bonds is 2. The van der Waals surface area contributed by atoms with Gasteiger partial charge in [-0.15, -0.1) is 0 Å². The van der Waals surface area contributed by atoms with Crippen LogP contribution in [0, 0.1) is 0 Å². The van der Waals surface area contributed by atoms with Gasteiger partial charge in [0, 0.05) is 64.9 Å². The van der Waals surface area contributed by atoms with E-state index in [1.54, 1.807) is 4.90 Å². The smallest absolute Gasteiger partial charge is 0.410 e. The second-order valence-corrected chi connectivity index (χ2v) is 8.14. The summed E-state index contributed by atoms with van der Waals surface area (Å²) in [6.45, 7) is 14.8. The van der Waals surface area contributed by atoms with Gasteiger partial charge in [0.15, 0.2) is 5.96 Å². The minimum atomic E-state index is -0.459. The van der Waals surface area contributed by atoms with Crippen molar-refractivity contribution in [3.05, 3.63) is 0 Å². The molecule has 1 atom stereocenters. The summed E-state index contributed by atoms with van der Waals surface area (Å²) >= 11 is 0.